The Morgan fingerprint density at radius 3 is 2.17 bits per heavy atom. The molecular formula is C24H24BrNO3. The molecule has 0 aliphatic heterocycles. The lowest BCUT2D eigenvalue weighted by atomic mass is 10.1. The summed E-state index contributed by atoms with van der Waals surface area (Å²) >= 11 is 3.50. The first-order valence-electron chi connectivity index (χ1n) is 9.42. The minimum Gasteiger partial charge on any atom is -0.493 e. The molecule has 0 N–H and O–H groups in total. The van der Waals surface area contributed by atoms with Gasteiger partial charge in [0.1, 0.15) is 6.61 Å². The Morgan fingerprint density at radius 2 is 1.55 bits per heavy atom. The summed E-state index contributed by atoms with van der Waals surface area (Å²) in [6, 6.07) is 23.5. The van der Waals surface area contributed by atoms with Crippen LogP contribution in [0.25, 0.3) is 0 Å². The molecule has 29 heavy (non-hydrogen) atoms. The summed E-state index contributed by atoms with van der Waals surface area (Å²) in [6.45, 7) is 1.03. The van der Waals surface area contributed by atoms with Gasteiger partial charge in [-0.05, 0) is 45.6 Å². The van der Waals surface area contributed by atoms with Crippen molar-refractivity contribution in [2.24, 2.45) is 0 Å². The second-order valence-electron chi connectivity index (χ2n) is 6.72. The molecule has 3 rings (SSSR count). The fourth-order valence-corrected chi connectivity index (χ4v) is 3.45. The minimum atomic E-state index is -0.0694. The van der Waals surface area contributed by atoms with Crippen LogP contribution in [-0.2, 0) is 13.0 Å². The van der Waals surface area contributed by atoms with Crippen molar-refractivity contribution in [3.05, 3.63) is 94.0 Å². The third-order valence-corrected chi connectivity index (χ3v) is 5.30. The summed E-state index contributed by atoms with van der Waals surface area (Å²) in [4.78, 5) is 14.7. The van der Waals surface area contributed by atoms with Gasteiger partial charge in [-0.1, -0.05) is 60.7 Å². The maximum absolute atomic E-state index is 13.0. The number of methoxy groups -OCH3 is 1. The number of nitrogens with zero attached hydrogens (tertiary/aromatic N) is 1. The lowest BCUT2D eigenvalue weighted by Crippen LogP contribution is -2.29. The number of carbonyl (C=O) groups excluding carboxylic acids is 1. The highest BCUT2D eigenvalue weighted by Gasteiger charge is 2.19. The maximum Gasteiger partial charge on any atom is 0.254 e. The van der Waals surface area contributed by atoms with Gasteiger partial charge >= 0.3 is 0 Å². The van der Waals surface area contributed by atoms with Gasteiger partial charge in [0, 0.05) is 18.1 Å². The highest BCUT2D eigenvalue weighted by Crippen LogP contribution is 2.34. The van der Waals surface area contributed by atoms with Crippen molar-refractivity contribution in [1.82, 2.24) is 4.90 Å². The molecule has 5 heteroatoms. The van der Waals surface area contributed by atoms with Crippen LogP contribution in [-0.4, -0.2) is 31.5 Å². The monoisotopic (exact) mass is 453 g/mol. The predicted molar refractivity (Wildman–Crippen MR) is 119 cm³/mol. The molecule has 0 saturated heterocycles. The van der Waals surface area contributed by atoms with Crippen molar-refractivity contribution >= 4 is 21.8 Å². The Hall–Kier alpha value is -2.79. The average molecular weight is 454 g/mol. The molecular weight excluding hydrogens is 430 g/mol. The number of carbonyl (C=O) groups is 1. The number of halogens is 1. The largest absolute Gasteiger partial charge is 0.493 e. The molecule has 0 spiro atoms. The van der Waals surface area contributed by atoms with Crippen molar-refractivity contribution in [2.45, 2.75) is 13.0 Å². The van der Waals surface area contributed by atoms with E-state index in [0.717, 1.165) is 12.0 Å². The second-order valence-corrected chi connectivity index (χ2v) is 7.57. The maximum atomic E-state index is 13.0. The standard InChI is InChI=1S/C24H24BrNO3/c1-26(14-13-18-9-5-3-6-10-18)24(27)20-15-23(22(28-2)16-21(20)25)29-17-19-11-7-4-8-12-19/h3-12,15-16H,13-14,17H2,1-2H3. The predicted octanol–water partition coefficient (Wildman–Crippen LogP) is 5.35. The van der Waals surface area contributed by atoms with Crippen LogP contribution in [0.5, 0.6) is 11.5 Å². The zero-order valence-corrected chi connectivity index (χ0v) is 18.2. The average Bonchev–Trinajstić information content (AvgIpc) is 2.77. The van der Waals surface area contributed by atoms with E-state index < -0.39 is 0 Å². The zero-order valence-electron chi connectivity index (χ0n) is 16.6. The second kappa shape index (κ2) is 10.1. The van der Waals surface area contributed by atoms with Gasteiger partial charge in [-0.2, -0.15) is 0 Å². The number of ether oxygens (including phenoxy) is 2. The van der Waals surface area contributed by atoms with Crippen LogP contribution in [0.1, 0.15) is 21.5 Å². The molecule has 0 unspecified atom stereocenters. The van der Waals surface area contributed by atoms with Crippen LogP contribution >= 0.6 is 15.9 Å². The van der Waals surface area contributed by atoms with Crippen molar-refractivity contribution < 1.29 is 14.3 Å². The number of benzene rings is 3. The molecule has 0 saturated carbocycles. The molecule has 3 aromatic rings. The van der Waals surface area contributed by atoms with Crippen LogP contribution in [0.15, 0.2) is 77.3 Å². The van der Waals surface area contributed by atoms with E-state index in [-0.39, 0.29) is 5.91 Å². The van der Waals surface area contributed by atoms with Crippen molar-refractivity contribution in [3.8, 4) is 11.5 Å². The topological polar surface area (TPSA) is 38.8 Å². The van der Waals surface area contributed by atoms with Crippen molar-refractivity contribution in [3.63, 3.8) is 0 Å². The fourth-order valence-electron chi connectivity index (χ4n) is 2.96. The molecule has 0 radical (unpaired) electrons. The van der Waals surface area contributed by atoms with Gasteiger partial charge in [0.25, 0.3) is 5.91 Å². The van der Waals surface area contributed by atoms with E-state index in [1.165, 1.54) is 5.56 Å². The molecule has 0 atom stereocenters. The quantitative estimate of drug-likeness (QED) is 0.461. The lowest BCUT2D eigenvalue weighted by molar-refractivity contribution is 0.0795. The first kappa shape index (κ1) is 20.9. The Balaban J connectivity index is 1.74. The van der Waals surface area contributed by atoms with E-state index in [2.05, 4.69) is 28.1 Å². The van der Waals surface area contributed by atoms with Gasteiger partial charge in [0.15, 0.2) is 11.5 Å². The van der Waals surface area contributed by atoms with Gasteiger partial charge in [0.05, 0.1) is 12.7 Å². The number of hydrogen-bond donors (Lipinski definition) is 0. The van der Waals surface area contributed by atoms with Crippen LogP contribution in [0.4, 0.5) is 0 Å². The summed E-state index contributed by atoms with van der Waals surface area (Å²) in [5.41, 5.74) is 2.79. The van der Waals surface area contributed by atoms with Gasteiger partial charge in [-0.25, -0.2) is 0 Å². The number of hydrogen-bond acceptors (Lipinski definition) is 3. The third-order valence-electron chi connectivity index (χ3n) is 4.65. The minimum absolute atomic E-state index is 0.0694. The van der Waals surface area contributed by atoms with Crippen LogP contribution < -0.4 is 9.47 Å². The Bertz CT molecular complexity index is 945. The molecule has 1 amide bonds. The van der Waals surface area contributed by atoms with Crippen molar-refractivity contribution in [1.29, 1.82) is 0 Å². The van der Waals surface area contributed by atoms with E-state index in [9.17, 15) is 4.79 Å². The van der Waals surface area contributed by atoms with E-state index >= 15 is 0 Å². The highest BCUT2D eigenvalue weighted by molar-refractivity contribution is 9.10. The van der Waals surface area contributed by atoms with Gasteiger partial charge < -0.3 is 14.4 Å². The fraction of sp³-hybridized carbons (Fsp3) is 0.208. The molecule has 0 aliphatic rings. The Morgan fingerprint density at radius 1 is 0.931 bits per heavy atom. The summed E-state index contributed by atoms with van der Waals surface area (Å²) in [5.74, 6) is 1.05. The molecule has 0 aromatic heterocycles. The summed E-state index contributed by atoms with van der Waals surface area (Å²) in [6.07, 6.45) is 0.800. The third kappa shape index (κ3) is 5.61. The first-order valence-corrected chi connectivity index (χ1v) is 10.2. The summed E-state index contributed by atoms with van der Waals surface area (Å²) < 4.78 is 12.1. The summed E-state index contributed by atoms with van der Waals surface area (Å²) in [5, 5.41) is 0. The van der Waals surface area contributed by atoms with Crippen LogP contribution in [0.2, 0.25) is 0 Å². The SMILES string of the molecule is COc1cc(Br)c(C(=O)N(C)CCc2ccccc2)cc1OCc1ccccc1. The van der Waals surface area contributed by atoms with Gasteiger partial charge in [-0.3, -0.25) is 4.79 Å². The van der Waals surface area contributed by atoms with E-state index in [4.69, 9.17) is 9.47 Å². The Labute approximate surface area is 180 Å². The van der Waals surface area contributed by atoms with Gasteiger partial charge in [-0.15, -0.1) is 0 Å². The van der Waals surface area contributed by atoms with E-state index in [1.54, 1.807) is 24.1 Å². The molecule has 0 bridgehead atoms. The molecule has 0 heterocycles. The zero-order chi connectivity index (χ0) is 20.6. The number of amides is 1. The smallest absolute Gasteiger partial charge is 0.254 e. The lowest BCUT2D eigenvalue weighted by Gasteiger charge is -2.20. The normalized spacial score (nSPS) is 10.4. The van der Waals surface area contributed by atoms with Gasteiger partial charge in [0.2, 0.25) is 0 Å². The van der Waals surface area contributed by atoms with Crippen LogP contribution in [0, 0.1) is 0 Å². The highest BCUT2D eigenvalue weighted by atomic mass is 79.9. The Kier molecular flexibility index (Phi) is 7.30. The molecule has 150 valence electrons. The molecule has 4 nitrogen and oxygen atoms in total. The van der Waals surface area contributed by atoms with E-state index in [1.807, 2.05) is 55.6 Å². The molecule has 3 aromatic carbocycles. The summed E-state index contributed by atoms with van der Waals surface area (Å²) in [7, 11) is 3.40. The van der Waals surface area contributed by atoms with E-state index in [0.29, 0.717) is 34.7 Å². The number of rotatable bonds is 8. The first-order chi connectivity index (χ1) is 14.1. The number of likely N-dealkylation sites (N-methyl/N-ethyl adjacent to an activating group) is 1. The molecule has 0 aliphatic carbocycles. The van der Waals surface area contributed by atoms with Crippen molar-refractivity contribution in [2.75, 3.05) is 20.7 Å². The molecule has 0 fully saturated rings. The van der Waals surface area contributed by atoms with Crippen LogP contribution in [0.3, 0.4) is 0 Å².